The Bertz CT molecular complexity index is 204. The molecule has 0 aliphatic rings. The molecule has 0 atom stereocenters. The molecule has 0 radical (unpaired) electrons. The lowest BCUT2D eigenvalue weighted by molar-refractivity contribution is 0.327. The van der Waals surface area contributed by atoms with Crippen molar-refractivity contribution in [2.24, 2.45) is 0 Å². The van der Waals surface area contributed by atoms with Gasteiger partial charge >= 0.3 is 0 Å². The number of halogens is 1. The van der Waals surface area contributed by atoms with Crippen LogP contribution in [0.15, 0.2) is 11.6 Å². The molecule has 0 fully saturated rings. The minimum absolute atomic E-state index is 0.287. The van der Waals surface area contributed by atoms with Gasteiger partial charge in [-0.2, -0.15) is 0 Å². The lowest BCUT2D eigenvalue weighted by atomic mass is 10.2. The van der Waals surface area contributed by atoms with Crippen LogP contribution >= 0.6 is 11.6 Å². The third-order valence-corrected chi connectivity index (χ3v) is 7.82. The van der Waals surface area contributed by atoms with Crippen LogP contribution in [0.2, 0.25) is 18.1 Å². The molecular weight excluding hydrogens is 212 g/mol. The molecule has 0 bridgehead atoms. The molecule has 84 valence electrons. The Kier molecular flexibility index (Phi) is 5.41. The summed E-state index contributed by atoms with van der Waals surface area (Å²) in [5.74, 6) is 0.598. The fourth-order valence-electron chi connectivity index (χ4n) is 0.663. The van der Waals surface area contributed by atoms with Gasteiger partial charge in [-0.1, -0.05) is 32.4 Å². The SMILES string of the molecule is C/C(=C\CO[Si](C)(C)C(C)(C)C)CCl. The summed E-state index contributed by atoms with van der Waals surface area (Å²) in [6.45, 7) is 14.0. The van der Waals surface area contributed by atoms with Gasteiger partial charge in [0.2, 0.25) is 0 Å². The van der Waals surface area contributed by atoms with Gasteiger partial charge in [0.1, 0.15) is 0 Å². The van der Waals surface area contributed by atoms with Crippen molar-refractivity contribution in [1.29, 1.82) is 0 Å². The largest absolute Gasteiger partial charge is 0.413 e. The molecule has 0 saturated heterocycles. The lowest BCUT2D eigenvalue weighted by Crippen LogP contribution is -2.40. The number of hydrogen-bond acceptors (Lipinski definition) is 1. The number of alkyl halides is 1. The Labute approximate surface area is 94.6 Å². The Morgan fingerprint density at radius 3 is 2.21 bits per heavy atom. The van der Waals surface area contributed by atoms with Crippen molar-refractivity contribution >= 4 is 19.9 Å². The average molecular weight is 235 g/mol. The van der Waals surface area contributed by atoms with E-state index in [-0.39, 0.29) is 5.04 Å². The second kappa shape index (κ2) is 5.33. The predicted molar refractivity (Wildman–Crippen MR) is 67.6 cm³/mol. The summed E-state index contributed by atoms with van der Waals surface area (Å²) in [4.78, 5) is 0. The molecule has 0 aromatic heterocycles. The Balaban J connectivity index is 4.14. The van der Waals surface area contributed by atoms with Gasteiger partial charge in [0.25, 0.3) is 0 Å². The van der Waals surface area contributed by atoms with E-state index in [9.17, 15) is 0 Å². The van der Waals surface area contributed by atoms with Crippen molar-refractivity contribution in [3.05, 3.63) is 11.6 Å². The van der Waals surface area contributed by atoms with Crippen LogP contribution in [0.1, 0.15) is 27.7 Å². The van der Waals surface area contributed by atoms with E-state index >= 15 is 0 Å². The average Bonchev–Trinajstić information content (AvgIpc) is 2.01. The zero-order chi connectivity index (χ0) is 11.4. The van der Waals surface area contributed by atoms with Crippen molar-refractivity contribution in [2.45, 2.75) is 45.8 Å². The smallest absolute Gasteiger partial charge is 0.192 e. The van der Waals surface area contributed by atoms with Crippen molar-refractivity contribution in [3.63, 3.8) is 0 Å². The third-order valence-electron chi connectivity index (χ3n) is 2.89. The summed E-state index contributed by atoms with van der Waals surface area (Å²) in [6.07, 6.45) is 2.08. The molecular formula is C11H23ClOSi. The summed E-state index contributed by atoms with van der Waals surface area (Å²) in [5.41, 5.74) is 1.19. The summed E-state index contributed by atoms with van der Waals surface area (Å²) in [6, 6.07) is 0. The maximum Gasteiger partial charge on any atom is 0.192 e. The number of hydrogen-bond donors (Lipinski definition) is 0. The second-order valence-corrected chi connectivity index (χ2v) is 10.3. The normalized spacial score (nSPS) is 14.6. The van der Waals surface area contributed by atoms with Gasteiger partial charge in [0.05, 0.1) is 6.61 Å². The fraction of sp³-hybridized carbons (Fsp3) is 0.818. The standard InChI is InChI=1S/C11H23ClOSi/c1-10(9-12)7-8-13-14(5,6)11(2,3)4/h7H,8-9H2,1-6H3/b10-7+. The van der Waals surface area contributed by atoms with E-state index in [0.717, 1.165) is 0 Å². The van der Waals surface area contributed by atoms with E-state index in [1.165, 1.54) is 5.57 Å². The second-order valence-electron chi connectivity index (χ2n) is 5.26. The molecule has 0 saturated carbocycles. The Morgan fingerprint density at radius 1 is 1.36 bits per heavy atom. The van der Waals surface area contributed by atoms with Crippen LogP contribution in [0, 0.1) is 0 Å². The third kappa shape index (κ3) is 4.62. The summed E-state index contributed by atoms with van der Waals surface area (Å²) < 4.78 is 5.97. The lowest BCUT2D eigenvalue weighted by Gasteiger charge is -2.35. The van der Waals surface area contributed by atoms with Gasteiger partial charge in [-0.15, -0.1) is 11.6 Å². The van der Waals surface area contributed by atoms with Gasteiger partial charge in [-0.25, -0.2) is 0 Å². The number of rotatable bonds is 4. The molecule has 0 aromatic rings. The molecule has 0 aromatic carbocycles. The van der Waals surface area contributed by atoms with Crippen LogP contribution in [0.3, 0.4) is 0 Å². The quantitative estimate of drug-likeness (QED) is 0.403. The monoisotopic (exact) mass is 234 g/mol. The highest BCUT2D eigenvalue weighted by Crippen LogP contribution is 2.36. The maximum atomic E-state index is 5.97. The molecule has 1 nitrogen and oxygen atoms in total. The summed E-state index contributed by atoms with van der Waals surface area (Å²) >= 11 is 5.68. The Hall–Kier alpha value is 0.207. The maximum absolute atomic E-state index is 5.97. The van der Waals surface area contributed by atoms with Gasteiger partial charge in [-0.05, 0) is 25.1 Å². The zero-order valence-corrected chi connectivity index (χ0v) is 12.0. The van der Waals surface area contributed by atoms with E-state index in [2.05, 4.69) is 39.9 Å². The van der Waals surface area contributed by atoms with Crippen LogP contribution in [0.4, 0.5) is 0 Å². The highest BCUT2D eigenvalue weighted by molar-refractivity contribution is 6.74. The van der Waals surface area contributed by atoms with Crippen LogP contribution < -0.4 is 0 Å². The first-order valence-corrected chi connectivity index (χ1v) is 8.50. The van der Waals surface area contributed by atoms with Gasteiger partial charge in [0.15, 0.2) is 8.32 Å². The minimum Gasteiger partial charge on any atom is -0.413 e. The predicted octanol–water partition coefficient (Wildman–Crippen LogP) is 4.19. The van der Waals surface area contributed by atoms with E-state index in [0.29, 0.717) is 12.5 Å². The zero-order valence-electron chi connectivity index (χ0n) is 10.3. The van der Waals surface area contributed by atoms with Crippen molar-refractivity contribution in [2.75, 3.05) is 12.5 Å². The first-order valence-electron chi connectivity index (χ1n) is 5.06. The van der Waals surface area contributed by atoms with Gasteiger partial charge in [0, 0.05) is 5.88 Å². The van der Waals surface area contributed by atoms with E-state index < -0.39 is 8.32 Å². The highest BCUT2D eigenvalue weighted by Gasteiger charge is 2.36. The van der Waals surface area contributed by atoms with Crippen molar-refractivity contribution in [3.8, 4) is 0 Å². The fourth-order valence-corrected chi connectivity index (χ4v) is 1.71. The van der Waals surface area contributed by atoms with Crippen LogP contribution in [0.25, 0.3) is 0 Å². The van der Waals surface area contributed by atoms with Crippen LogP contribution in [-0.2, 0) is 4.43 Å². The molecule has 0 aliphatic carbocycles. The highest BCUT2D eigenvalue weighted by atomic mass is 35.5. The summed E-state index contributed by atoms with van der Waals surface area (Å²) in [5, 5.41) is 0.287. The first-order chi connectivity index (χ1) is 6.20. The van der Waals surface area contributed by atoms with E-state index in [4.69, 9.17) is 16.0 Å². The minimum atomic E-state index is -1.57. The van der Waals surface area contributed by atoms with E-state index in [1.54, 1.807) is 0 Å². The van der Waals surface area contributed by atoms with Gasteiger partial charge < -0.3 is 4.43 Å². The van der Waals surface area contributed by atoms with E-state index in [1.807, 2.05) is 6.92 Å². The topological polar surface area (TPSA) is 9.23 Å². The number of allylic oxidation sites excluding steroid dienone is 1. The van der Waals surface area contributed by atoms with Crippen LogP contribution in [-0.4, -0.2) is 20.8 Å². The molecule has 14 heavy (non-hydrogen) atoms. The van der Waals surface area contributed by atoms with Crippen molar-refractivity contribution in [1.82, 2.24) is 0 Å². The molecule has 0 heterocycles. The molecule has 0 N–H and O–H groups in total. The molecule has 0 amide bonds. The summed E-state index contributed by atoms with van der Waals surface area (Å²) in [7, 11) is -1.57. The van der Waals surface area contributed by atoms with Crippen molar-refractivity contribution < 1.29 is 4.43 Å². The molecule has 0 unspecified atom stereocenters. The Morgan fingerprint density at radius 2 is 1.86 bits per heavy atom. The molecule has 0 rings (SSSR count). The molecule has 0 spiro atoms. The molecule has 0 aliphatic heterocycles. The molecule has 3 heteroatoms. The van der Waals surface area contributed by atoms with Gasteiger partial charge in [-0.3, -0.25) is 0 Å². The first kappa shape index (κ1) is 14.2. The van der Waals surface area contributed by atoms with Crippen LogP contribution in [0.5, 0.6) is 0 Å².